The third kappa shape index (κ3) is 2.99. The number of nitrogens with zero attached hydrogens (tertiary/aromatic N) is 1. The Hall–Kier alpha value is -3.41. The van der Waals surface area contributed by atoms with Crippen molar-refractivity contribution < 1.29 is 23.5 Å². The van der Waals surface area contributed by atoms with E-state index < -0.39 is 30.2 Å². The van der Waals surface area contributed by atoms with Gasteiger partial charge in [-0.1, -0.05) is 37.3 Å². The maximum Gasteiger partial charge on any atom is 0.270 e. The van der Waals surface area contributed by atoms with Gasteiger partial charge in [-0.05, 0) is 30.7 Å². The molecule has 0 bridgehead atoms. The summed E-state index contributed by atoms with van der Waals surface area (Å²) in [6.07, 6.45) is -0.434. The molecule has 0 radical (unpaired) electrons. The summed E-state index contributed by atoms with van der Waals surface area (Å²) < 4.78 is 11.3. The van der Waals surface area contributed by atoms with Crippen LogP contribution in [0.2, 0.25) is 0 Å². The summed E-state index contributed by atoms with van der Waals surface area (Å²) >= 11 is 0. The van der Waals surface area contributed by atoms with Gasteiger partial charge in [-0.3, -0.25) is 19.3 Å². The predicted octanol–water partition coefficient (Wildman–Crippen LogP) is 3.46. The molecule has 136 valence electrons. The molecule has 1 atom stereocenters. The first kappa shape index (κ1) is 17.0. The van der Waals surface area contributed by atoms with Gasteiger partial charge in [-0.15, -0.1) is 0 Å². The minimum Gasteiger partial charge on any atom is -0.480 e. The van der Waals surface area contributed by atoms with E-state index in [2.05, 4.69) is 0 Å². The molecule has 6 heteroatoms. The minimum absolute atomic E-state index is 0.114. The number of ketones is 1. The summed E-state index contributed by atoms with van der Waals surface area (Å²) in [5.41, 5.74) is 0.841. The van der Waals surface area contributed by atoms with Crippen molar-refractivity contribution in [1.82, 2.24) is 4.90 Å². The Morgan fingerprint density at radius 3 is 2.59 bits per heavy atom. The van der Waals surface area contributed by atoms with Gasteiger partial charge in [-0.2, -0.15) is 0 Å². The van der Waals surface area contributed by atoms with Crippen molar-refractivity contribution in [3.63, 3.8) is 0 Å². The summed E-state index contributed by atoms with van der Waals surface area (Å²) in [5, 5.41) is 0.787. The minimum atomic E-state index is -0.818. The van der Waals surface area contributed by atoms with Crippen molar-refractivity contribution in [2.45, 2.75) is 19.4 Å². The van der Waals surface area contributed by atoms with Gasteiger partial charge >= 0.3 is 0 Å². The number of carbonyl (C=O) groups excluding carboxylic acids is 3. The second-order valence-electron chi connectivity index (χ2n) is 6.31. The number of para-hydroxylation sites is 2. The largest absolute Gasteiger partial charge is 0.480 e. The van der Waals surface area contributed by atoms with Crippen LogP contribution in [0.15, 0.2) is 59.0 Å². The lowest BCUT2D eigenvalue weighted by atomic mass is 10.1. The molecule has 2 heterocycles. The van der Waals surface area contributed by atoms with Gasteiger partial charge in [0.1, 0.15) is 11.3 Å². The van der Waals surface area contributed by atoms with Crippen LogP contribution in [-0.2, 0) is 4.79 Å². The molecule has 1 aliphatic heterocycles. The predicted molar refractivity (Wildman–Crippen MR) is 97.7 cm³/mol. The van der Waals surface area contributed by atoms with Crippen LogP contribution in [0.4, 0.5) is 0 Å². The van der Waals surface area contributed by atoms with Crippen LogP contribution in [0, 0.1) is 0 Å². The fourth-order valence-electron chi connectivity index (χ4n) is 3.12. The van der Waals surface area contributed by atoms with E-state index in [1.165, 1.54) is 0 Å². The third-order valence-corrected chi connectivity index (χ3v) is 4.55. The first-order valence-corrected chi connectivity index (χ1v) is 8.71. The second kappa shape index (κ2) is 6.72. The Bertz CT molecular complexity index is 1020. The fraction of sp³-hybridized carbons (Fsp3) is 0.190. The van der Waals surface area contributed by atoms with Gasteiger partial charge in [-0.25, -0.2) is 0 Å². The maximum atomic E-state index is 12.9. The Labute approximate surface area is 155 Å². The van der Waals surface area contributed by atoms with Crippen LogP contribution >= 0.6 is 0 Å². The van der Waals surface area contributed by atoms with Crippen LogP contribution in [0.3, 0.4) is 0 Å². The topological polar surface area (TPSA) is 76.8 Å². The van der Waals surface area contributed by atoms with Gasteiger partial charge in [0.2, 0.25) is 5.78 Å². The van der Waals surface area contributed by atoms with E-state index in [1.807, 2.05) is 18.2 Å². The number of hydrogen-bond donors (Lipinski definition) is 0. The van der Waals surface area contributed by atoms with Crippen LogP contribution in [0.5, 0.6) is 5.75 Å². The highest BCUT2D eigenvalue weighted by molar-refractivity contribution is 6.12. The number of Topliss-reactive ketones (excluding diaryl/α,β-unsaturated/α-hetero) is 1. The van der Waals surface area contributed by atoms with Crippen molar-refractivity contribution in [1.29, 1.82) is 0 Å². The van der Waals surface area contributed by atoms with E-state index in [-0.39, 0.29) is 11.3 Å². The third-order valence-electron chi connectivity index (χ3n) is 4.55. The fourth-order valence-corrected chi connectivity index (χ4v) is 3.12. The number of hydrogen-bond acceptors (Lipinski definition) is 5. The lowest BCUT2D eigenvalue weighted by Gasteiger charge is -2.20. The standard InChI is InChI=1S/C21H17NO5/c1-2-16-21(25)22(20(24)14-8-4-6-10-18(14)26-16)12-15(23)19-11-13-7-3-5-9-17(13)27-19/h3-11,16H,2,12H2,1H3/t16-/m1/s1. The number of rotatable bonds is 4. The molecule has 0 aliphatic carbocycles. The summed E-state index contributed by atoms with van der Waals surface area (Å²) in [6, 6.07) is 15.5. The van der Waals surface area contributed by atoms with Crippen LogP contribution in [-0.4, -0.2) is 35.1 Å². The Kier molecular flexibility index (Phi) is 4.24. The van der Waals surface area contributed by atoms with Crippen molar-refractivity contribution in [2.24, 2.45) is 0 Å². The summed E-state index contributed by atoms with van der Waals surface area (Å²) in [7, 11) is 0. The van der Waals surface area contributed by atoms with E-state index in [4.69, 9.17) is 9.15 Å². The van der Waals surface area contributed by atoms with Crippen molar-refractivity contribution in [3.8, 4) is 5.75 Å². The molecule has 1 aliphatic rings. The Morgan fingerprint density at radius 2 is 1.81 bits per heavy atom. The Balaban J connectivity index is 1.67. The van der Waals surface area contributed by atoms with Crippen molar-refractivity contribution in [3.05, 3.63) is 65.9 Å². The molecular weight excluding hydrogens is 346 g/mol. The number of furan rings is 1. The molecule has 0 fully saturated rings. The SMILES string of the molecule is CC[C@H]1Oc2ccccc2C(=O)N(CC(=O)c2cc3ccccc3o2)C1=O. The van der Waals surface area contributed by atoms with Gasteiger partial charge in [0.15, 0.2) is 11.9 Å². The molecule has 2 aromatic carbocycles. The van der Waals surface area contributed by atoms with Gasteiger partial charge in [0, 0.05) is 5.39 Å². The number of amides is 2. The number of fused-ring (bicyclic) bond motifs is 2. The van der Waals surface area contributed by atoms with Crippen molar-refractivity contribution >= 4 is 28.6 Å². The second-order valence-corrected chi connectivity index (χ2v) is 6.31. The highest BCUT2D eigenvalue weighted by atomic mass is 16.5. The molecule has 3 aromatic rings. The molecule has 0 unspecified atom stereocenters. The van der Waals surface area contributed by atoms with E-state index in [0.29, 0.717) is 17.8 Å². The van der Waals surface area contributed by atoms with Gasteiger partial charge < -0.3 is 9.15 Å². The smallest absolute Gasteiger partial charge is 0.270 e. The molecule has 6 nitrogen and oxygen atoms in total. The Morgan fingerprint density at radius 1 is 1.07 bits per heavy atom. The number of ether oxygens (including phenoxy) is 1. The van der Waals surface area contributed by atoms with Gasteiger partial charge in [0.25, 0.3) is 11.8 Å². The number of carbonyl (C=O) groups is 3. The lowest BCUT2D eigenvalue weighted by molar-refractivity contribution is -0.135. The number of imide groups is 1. The molecule has 0 saturated carbocycles. The molecule has 0 N–H and O–H groups in total. The van der Waals surface area contributed by atoms with E-state index in [0.717, 1.165) is 10.3 Å². The molecule has 4 rings (SSSR count). The molecule has 0 spiro atoms. The summed E-state index contributed by atoms with van der Waals surface area (Å²) in [4.78, 5) is 39.3. The average molecular weight is 363 g/mol. The first-order chi connectivity index (χ1) is 13.1. The van der Waals surface area contributed by atoms with Crippen LogP contribution < -0.4 is 4.74 Å². The average Bonchev–Trinajstić information content (AvgIpc) is 3.10. The highest BCUT2D eigenvalue weighted by Gasteiger charge is 2.37. The normalized spacial score (nSPS) is 16.8. The molecule has 2 amide bonds. The maximum absolute atomic E-state index is 12.9. The van der Waals surface area contributed by atoms with E-state index in [1.54, 1.807) is 43.3 Å². The zero-order chi connectivity index (χ0) is 19.0. The number of benzene rings is 2. The highest BCUT2D eigenvalue weighted by Crippen LogP contribution is 2.27. The zero-order valence-electron chi connectivity index (χ0n) is 14.7. The molecule has 1 aromatic heterocycles. The van der Waals surface area contributed by atoms with Crippen LogP contribution in [0.1, 0.15) is 34.3 Å². The summed E-state index contributed by atoms with van der Waals surface area (Å²) in [5.74, 6) is -1.05. The molecule has 27 heavy (non-hydrogen) atoms. The van der Waals surface area contributed by atoms with E-state index in [9.17, 15) is 14.4 Å². The van der Waals surface area contributed by atoms with Crippen LogP contribution in [0.25, 0.3) is 11.0 Å². The monoisotopic (exact) mass is 363 g/mol. The first-order valence-electron chi connectivity index (χ1n) is 8.71. The molecule has 0 saturated heterocycles. The summed E-state index contributed by atoms with van der Waals surface area (Å²) in [6.45, 7) is 1.39. The zero-order valence-corrected chi connectivity index (χ0v) is 14.7. The van der Waals surface area contributed by atoms with Gasteiger partial charge in [0.05, 0.1) is 12.1 Å². The quantitative estimate of drug-likeness (QED) is 0.524. The van der Waals surface area contributed by atoms with E-state index >= 15 is 0 Å². The lowest BCUT2D eigenvalue weighted by Crippen LogP contribution is -2.45. The molecular formula is C21H17NO5. The van der Waals surface area contributed by atoms with Crippen molar-refractivity contribution in [2.75, 3.05) is 6.54 Å².